The van der Waals surface area contributed by atoms with Crippen LogP contribution in [0.2, 0.25) is 0 Å². The topological polar surface area (TPSA) is 46.3 Å². The highest BCUT2D eigenvalue weighted by Gasteiger charge is 2.33. The number of hydrogen-bond donors (Lipinski definition) is 1. The summed E-state index contributed by atoms with van der Waals surface area (Å²) in [5, 5.41) is 0. The van der Waals surface area contributed by atoms with E-state index < -0.39 is 6.04 Å². The summed E-state index contributed by atoms with van der Waals surface area (Å²) in [6.07, 6.45) is 1.70. The molecule has 4 heteroatoms. The largest absolute Gasteiger partial charge is 0.316 e. The smallest absolute Gasteiger partial charge is 0.248 e. The molecule has 78 valence electrons. The van der Waals surface area contributed by atoms with Crippen LogP contribution >= 0.6 is 15.9 Å². The van der Waals surface area contributed by atoms with E-state index in [1.54, 1.807) is 11.0 Å². The molecule has 0 radical (unpaired) electrons. The molecule has 1 aliphatic heterocycles. The molecule has 3 nitrogen and oxygen atoms in total. The van der Waals surface area contributed by atoms with E-state index >= 15 is 0 Å². The fourth-order valence-corrected chi connectivity index (χ4v) is 2.14. The van der Waals surface area contributed by atoms with Gasteiger partial charge in [-0.15, -0.1) is 6.58 Å². The lowest BCUT2D eigenvalue weighted by atomic mass is 10.1. The monoisotopic (exact) mass is 266 g/mol. The van der Waals surface area contributed by atoms with E-state index in [0.29, 0.717) is 6.54 Å². The maximum atomic E-state index is 11.8. The second-order valence-corrected chi connectivity index (χ2v) is 4.33. The van der Waals surface area contributed by atoms with Crippen LogP contribution in [-0.2, 0) is 4.79 Å². The van der Waals surface area contributed by atoms with Crippen LogP contribution in [0.25, 0.3) is 0 Å². The minimum Gasteiger partial charge on any atom is -0.316 e. The second-order valence-electron chi connectivity index (χ2n) is 3.42. The van der Waals surface area contributed by atoms with Gasteiger partial charge in [-0.25, -0.2) is 0 Å². The summed E-state index contributed by atoms with van der Waals surface area (Å²) in [5.74, 6) is -0.0667. The Balaban J connectivity index is 2.50. The number of anilines is 1. The molecule has 0 spiro atoms. The van der Waals surface area contributed by atoms with Crippen molar-refractivity contribution in [3.63, 3.8) is 0 Å². The van der Waals surface area contributed by atoms with Crippen molar-refractivity contribution in [3.05, 3.63) is 40.9 Å². The summed E-state index contributed by atoms with van der Waals surface area (Å²) in [6.45, 7) is 4.13. The summed E-state index contributed by atoms with van der Waals surface area (Å²) >= 11 is 3.37. The average Bonchev–Trinajstić information content (AvgIpc) is 2.44. The van der Waals surface area contributed by atoms with Gasteiger partial charge in [0.05, 0.1) is 0 Å². The quantitative estimate of drug-likeness (QED) is 0.833. The third kappa shape index (κ3) is 1.60. The number of benzene rings is 1. The number of amides is 1. The number of carbonyl (C=O) groups is 1. The van der Waals surface area contributed by atoms with Crippen LogP contribution < -0.4 is 10.6 Å². The molecule has 0 saturated carbocycles. The zero-order chi connectivity index (χ0) is 11.0. The highest BCUT2D eigenvalue weighted by atomic mass is 79.9. The van der Waals surface area contributed by atoms with Crippen molar-refractivity contribution in [1.82, 2.24) is 0 Å². The van der Waals surface area contributed by atoms with E-state index in [2.05, 4.69) is 22.5 Å². The first-order valence-electron chi connectivity index (χ1n) is 4.62. The summed E-state index contributed by atoms with van der Waals surface area (Å²) in [4.78, 5) is 13.5. The first-order chi connectivity index (χ1) is 7.15. The molecule has 1 aliphatic rings. The van der Waals surface area contributed by atoms with Gasteiger partial charge in [-0.1, -0.05) is 22.0 Å². The van der Waals surface area contributed by atoms with Crippen molar-refractivity contribution in [2.45, 2.75) is 6.04 Å². The third-order valence-corrected chi connectivity index (χ3v) is 2.95. The van der Waals surface area contributed by atoms with E-state index in [9.17, 15) is 4.79 Å². The minimum atomic E-state index is -0.544. The van der Waals surface area contributed by atoms with Crippen LogP contribution in [-0.4, -0.2) is 12.5 Å². The van der Waals surface area contributed by atoms with Gasteiger partial charge >= 0.3 is 0 Å². The van der Waals surface area contributed by atoms with Crippen molar-refractivity contribution in [1.29, 1.82) is 0 Å². The Labute approximate surface area is 96.7 Å². The molecule has 1 amide bonds. The maximum absolute atomic E-state index is 11.8. The average molecular weight is 267 g/mol. The summed E-state index contributed by atoms with van der Waals surface area (Å²) in [7, 11) is 0. The molecule has 0 unspecified atom stereocenters. The SMILES string of the molecule is C=CCN1C(=O)[C@@H](N)c2cc(Br)ccc21. The van der Waals surface area contributed by atoms with Gasteiger partial charge in [0.15, 0.2) is 0 Å². The van der Waals surface area contributed by atoms with Crippen molar-refractivity contribution >= 4 is 27.5 Å². The van der Waals surface area contributed by atoms with E-state index in [1.165, 1.54) is 0 Å². The fraction of sp³-hybridized carbons (Fsp3) is 0.182. The minimum absolute atomic E-state index is 0.0667. The number of fused-ring (bicyclic) bond motifs is 1. The van der Waals surface area contributed by atoms with Gasteiger partial charge in [0.2, 0.25) is 5.91 Å². The van der Waals surface area contributed by atoms with E-state index in [-0.39, 0.29) is 5.91 Å². The molecular formula is C11H11BrN2O. The molecular weight excluding hydrogens is 256 g/mol. The van der Waals surface area contributed by atoms with Crippen molar-refractivity contribution in [3.8, 4) is 0 Å². The van der Waals surface area contributed by atoms with Crippen LogP contribution in [0, 0.1) is 0 Å². The van der Waals surface area contributed by atoms with E-state index in [1.807, 2.05) is 18.2 Å². The summed E-state index contributed by atoms with van der Waals surface area (Å²) < 4.78 is 0.935. The number of nitrogens with zero attached hydrogens (tertiary/aromatic N) is 1. The Hall–Kier alpha value is -1.13. The summed E-state index contributed by atoms with van der Waals surface area (Å²) in [6, 6.07) is 5.15. The van der Waals surface area contributed by atoms with E-state index in [4.69, 9.17) is 5.73 Å². The van der Waals surface area contributed by atoms with Gasteiger partial charge in [0.25, 0.3) is 0 Å². The number of rotatable bonds is 2. The molecule has 0 bridgehead atoms. The predicted octanol–water partition coefficient (Wildman–Crippen LogP) is 1.98. The molecule has 0 aliphatic carbocycles. The zero-order valence-electron chi connectivity index (χ0n) is 8.11. The molecule has 2 rings (SSSR count). The highest BCUT2D eigenvalue weighted by Crippen LogP contribution is 2.35. The number of nitrogens with two attached hydrogens (primary N) is 1. The van der Waals surface area contributed by atoms with Crippen LogP contribution in [0.3, 0.4) is 0 Å². The highest BCUT2D eigenvalue weighted by molar-refractivity contribution is 9.10. The van der Waals surface area contributed by atoms with E-state index in [0.717, 1.165) is 15.7 Å². The van der Waals surface area contributed by atoms with Crippen molar-refractivity contribution in [2.75, 3.05) is 11.4 Å². The Morgan fingerprint density at radius 3 is 3.00 bits per heavy atom. The molecule has 0 saturated heterocycles. The number of carbonyl (C=O) groups excluding carboxylic acids is 1. The summed E-state index contributed by atoms with van der Waals surface area (Å²) in [5.41, 5.74) is 7.59. The van der Waals surface area contributed by atoms with Crippen molar-refractivity contribution < 1.29 is 4.79 Å². The first-order valence-corrected chi connectivity index (χ1v) is 5.41. The molecule has 0 aromatic heterocycles. The lowest BCUT2D eigenvalue weighted by Crippen LogP contribution is -2.31. The van der Waals surface area contributed by atoms with Gasteiger partial charge in [0.1, 0.15) is 6.04 Å². The number of hydrogen-bond acceptors (Lipinski definition) is 2. The van der Waals surface area contributed by atoms with Gasteiger partial charge in [0, 0.05) is 22.3 Å². The van der Waals surface area contributed by atoms with Gasteiger partial charge in [-0.2, -0.15) is 0 Å². The van der Waals surface area contributed by atoms with Crippen LogP contribution in [0.15, 0.2) is 35.3 Å². The maximum Gasteiger partial charge on any atom is 0.248 e. The molecule has 1 atom stereocenters. The third-order valence-electron chi connectivity index (χ3n) is 2.46. The Bertz CT molecular complexity index is 431. The Morgan fingerprint density at radius 1 is 1.60 bits per heavy atom. The van der Waals surface area contributed by atoms with Crippen LogP contribution in [0.4, 0.5) is 5.69 Å². The van der Waals surface area contributed by atoms with Crippen molar-refractivity contribution in [2.24, 2.45) is 5.73 Å². The number of halogens is 1. The van der Waals surface area contributed by atoms with Gasteiger partial charge < -0.3 is 10.6 Å². The first kappa shape index (κ1) is 10.4. The van der Waals surface area contributed by atoms with Crippen LogP contribution in [0.1, 0.15) is 11.6 Å². The van der Waals surface area contributed by atoms with Gasteiger partial charge in [-0.05, 0) is 18.2 Å². The lowest BCUT2D eigenvalue weighted by molar-refractivity contribution is -0.119. The normalized spacial score (nSPS) is 19.2. The molecule has 1 aromatic carbocycles. The molecule has 0 fully saturated rings. The predicted molar refractivity (Wildman–Crippen MR) is 63.6 cm³/mol. The standard InChI is InChI=1S/C11H11BrN2O/c1-2-5-14-9-4-3-7(12)6-8(9)10(13)11(14)15/h2-4,6,10H,1,5,13H2/t10-/m0/s1. The second kappa shape index (κ2) is 3.79. The molecule has 2 N–H and O–H groups in total. The zero-order valence-corrected chi connectivity index (χ0v) is 9.70. The van der Waals surface area contributed by atoms with Crippen LogP contribution in [0.5, 0.6) is 0 Å². The molecule has 15 heavy (non-hydrogen) atoms. The molecule has 1 heterocycles. The Kier molecular flexibility index (Phi) is 2.63. The lowest BCUT2D eigenvalue weighted by Gasteiger charge is -2.14. The van der Waals surface area contributed by atoms with Gasteiger partial charge in [-0.3, -0.25) is 4.79 Å². The fourth-order valence-electron chi connectivity index (χ4n) is 1.76. The Morgan fingerprint density at radius 2 is 2.33 bits per heavy atom. The molecule has 1 aromatic rings.